The number of nitrogens with zero attached hydrogens (tertiary/aromatic N) is 1. The van der Waals surface area contributed by atoms with Crippen molar-refractivity contribution in [1.82, 2.24) is 5.32 Å². The topological polar surface area (TPSA) is 57.8 Å². The molecule has 1 aliphatic carbocycles. The van der Waals surface area contributed by atoms with Crippen LogP contribution in [0.2, 0.25) is 0 Å². The normalized spacial score (nSPS) is 25.8. The maximum absolute atomic E-state index is 10.7. The highest BCUT2D eigenvalue weighted by Crippen LogP contribution is 2.51. The molecule has 0 bridgehead atoms. The summed E-state index contributed by atoms with van der Waals surface area (Å²) in [6.45, 7) is 9.12. The van der Waals surface area contributed by atoms with Crippen LogP contribution in [0.15, 0.2) is 27.2 Å². The lowest BCUT2D eigenvalue weighted by atomic mass is 10.1. The van der Waals surface area contributed by atoms with Crippen molar-refractivity contribution >= 4 is 6.21 Å². The Morgan fingerprint density at radius 3 is 2.90 bits per heavy atom. The van der Waals surface area contributed by atoms with Crippen LogP contribution in [0.5, 0.6) is 0 Å². The summed E-state index contributed by atoms with van der Waals surface area (Å²) in [6, 6.07) is 1.94. The molecular formula is C17H24N2O2. The lowest BCUT2D eigenvalue weighted by Gasteiger charge is -2.23. The summed E-state index contributed by atoms with van der Waals surface area (Å²) >= 11 is 0. The van der Waals surface area contributed by atoms with E-state index in [1.54, 1.807) is 13.1 Å². The smallest absolute Gasteiger partial charge is 0.172 e. The fourth-order valence-corrected chi connectivity index (χ4v) is 2.84. The second kappa shape index (κ2) is 4.82. The Labute approximate surface area is 126 Å². The molecule has 1 saturated carbocycles. The van der Waals surface area contributed by atoms with Gasteiger partial charge in [0.15, 0.2) is 11.5 Å². The molecule has 2 heterocycles. The zero-order valence-electron chi connectivity index (χ0n) is 13.2. The molecule has 21 heavy (non-hydrogen) atoms. The minimum atomic E-state index is -1.14. The van der Waals surface area contributed by atoms with E-state index in [1.807, 2.05) is 19.2 Å². The van der Waals surface area contributed by atoms with E-state index >= 15 is 0 Å². The molecule has 1 aliphatic heterocycles. The summed E-state index contributed by atoms with van der Waals surface area (Å²) in [6.07, 6.45) is 5.59. The van der Waals surface area contributed by atoms with E-state index in [0.29, 0.717) is 17.1 Å². The Morgan fingerprint density at radius 1 is 1.52 bits per heavy atom. The molecular weight excluding hydrogens is 264 g/mol. The Bertz CT molecular complexity index is 608. The Hall–Kier alpha value is -1.39. The summed E-state index contributed by atoms with van der Waals surface area (Å²) in [5.41, 5.74) is 1.52. The number of hydrogen-bond donors (Lipinski definition) is 2. The van der Waals surface area contributed by atoms with E-state index in [2.05, 4.69) is 24.2 Å². The summed E-state index contributed by atoms with van der Waals surface area (Å²) in [5, 5.41) is 13.9. The van der Waals surface area contributed by atoms with Gasteiger partial charge in [0.25, 0.3) is 0 Å². The number of allylic oxidation sites excluding steroid dienone is 1. The number of furan rings is 1. The summed E-state index contributed by atoms with van der Waals surface area (Å²) in [5.74, 6) is 1.93. The van der Waals surface area contributed by atoms with E-state index in [9.17, 15) is 5.11 Å². The van der Waals surface area contributed by atoms with Crippen LogP contribution in [-0.4, -0.2) is 17.9 Å². The van der Waals surface area contributed by atoms with E-state index in [1.165, 1.54) is 12.0 Å². The van der Waals surface area contributed by atoms with Gasteiger partial charge in [-0.2, -0.15) is 0 Å². The molecule has 0 amide bonds. The Kier molecular flexibility index (Phi) is 3.34. The van der Waals surface area contributed by atoms with Gasteiger partial charge in [0.2, 0.25) is 0 Å². The van der Waals surface area contributed by atoms with Gasteiger partial charge in [-0.15, -0.1) is 0 Å². The molecule has 0 saturated heterocycles. The highest BCUT2D eigenvalue weighted by Gasteiger charge is 2.46. The molecule has 1 aromatic rings. The number of aliphatic hydroxyl groups is 1. The van der Waals surface area contributed by atoms with Crippen LogP contribution in [0.1, 0.15) is 51.2 Å². The molecule has 2 unspecified atom stereocenters. The number of aliphatic imine (C=N–C) groups is 1. The fraction of sp³-hybridized carbons (Fsp3) is 0.588. The maximum atomic E-state index is 10.7. The van der Waals surface area contributed by atoms with Gasteiger partial charge in [0, 0.05) is 18.3 Å². The third kappa shape index (κ3) is 2.97. The highest BCUT2D eigenvalue weighted by molar-refractivity contribution is 5.79. The van der Waals surface area contributed by atoms with Gasteiger partial charge in [-0.3, -0.25) is 10.3 Å². The average Bonchev–Trinajstić information content (AvgIpc) is 2.87. The van der Waals surface area contributed by atoms with Crippen LogP contribution < -0.4 is 5.32 Å². The monoisotopic (exact) mass is 288 g/mol. The Balaban J connectivity index is 1.73. The van der Waals surface area contributed by atoms with Crippen molar-refractivity contribution in [2.24, 2.45) is 16.3 Å². The molecule has 0 aromatic carbocycles. The van der Waals surface area contributed by atoms with Crippen molar-refractivity contribution in [3.8, 4) is 0 Å². The minimum Gasteiger partial charge on any atom is -0.455 e. The number of fused-ring (bicyclic) bond motifs is 1. The molecule has 2 aliphatic rings. The zero-order chi connectivity index (χ0) is 15.3. The van der Waals surface area contributed by atoms with Gasteiger partial charge < -0.3 is 9.52 Å². The molecule has 1 fully saturated rings. The van der Waals surface area contributed by atoms with Crippen LogP contribution in [0.25, 0.3) is 0 Å². The summed E-state index contributed by atoms with van der Waals surface area (Å²) in [4.78, 5) is 4.21. The van der Waals surface area contributed by atoms with Crippen molar-refractivity contribution < 1.29 is 9.52 Å². The molecule has 1 aromatic heterocycles. The molecule has 0 radical (unpaired) electrons. The number of rotatable bonds is 4. The molecule has 2 atom stereocenters. The van der Waals surface area contributed by atoms with Crippen LogP contribution in [0.3, 0.4) is 0 Å². The largest absolute Gasteiger partial charge is 0.455 e. The summed E-state index contributed by atoms with van der Waals surface area (Å²) in [7, 11) is 0. The summed E-state index contributed by atoms with van der Waals surface area (Å²) < 4.78 is 5.81. The SMILES string of the molecule is CC1=CN=Cc2oc(C(C)(O)NCC3CC3(C)C)cc2C1. The van der Waals surface area contributed by atoms with Crippen molar-refractivity contribution in [2.45, 2.75) is 46.3 Å². The zero-order valence-corrected chi connectivity index (χ0v) is 13.2. The second-order valence-corrected chi connectivity index (χ2v) is 7.27. The van der Waals surface area contributed by atoms with Crippen LogP contribution in [-0.2, 0) is 12.1 Å². The van der Waals surface area contributed by atoms with Gasteiger partial charge in [0.05, 0.1) is 6.21 Å². The predicted octanol–water partition coefficient (Wildman–Crippen LogP) is 2.96. The number of hydrogen-bond acceptors (Lipinski definition) is 4. The lowest BCUT2D eigenvalue weighted by molar-refractivity contribution is -0.00272. The Morgan fingerprint density at radius 2 is 2.24 bits per heavy atom. The quantitative estimate of drug-likeness (QED) is 0.837. The van der Waals surface area contributed by atoms with Crippen molar-refractivity contribution in [2.75, 3.05) is 6.54 Å². The van der Waals surface area contributed by atoms with Gasteiger partial charge >= 0.3 is 0 Å². The van der Waals surface area contributed by atoms with Gasteiger partial charge in [-0.25, -0.2) is 0 Å². The first-order valence-corrected chi connectivity index (χ1v) is 7.57. The molecule has 4 nitrogen and oxygen atoms in total. The van der Waals surface area contributed by atoms with Crippen LogP contribution in [0.4, 0.5) is 0 Å². The molecule has 114 valence electrons. The highest BCUT2D eigenvalue weighted by atomic mass is 16.4. The number of nitrogens with one attached hydrogen (secondary N) is 1. The first kappa shape index (κ1) is 14.5. The first-order chi connectivity index (χ1) is 9.78. The lowest BCUT2D eigenvalue weighted by Crippen LogP contribution is -2.40. The maximum Gasteiger partial charge on any atom is 0.172 e. The standard InChI is InChI=1S/C17H24N2O2/c1-11-5-12-6-15(21-14(12)10-18-8-11)17(4,20)19-9-13-7-16(13,2)3/h6,8,10,13,19-20H,5,7,9H2,1-4H3. The molecule has 0 spiro atoms. The van der Waals surface area contributed by atoms with Crippen molar-refractivity contribution in [1.29, 1.82) is 0 Å². The van der Waals surface area contributed by atoms with Crippen molar-refractivity contribution in [3.05, 3.63) is 34.9 Å². The van der Waals surface area contributed by atoms with Crippen molar-refractivity contribution in [3.63, 3.8) is 0 Å². The predicted molar refractivity (Wildman–Crippen MR) is 83.2 cm³/mol. The molecule has 3 rings (SSSR count). The van der Waals surface area contributed by atoms with Gasteiger partial charge in [-0.1, -0.05) is 19.4 Å². The van der Waals surface area contributed by atoms with Gasteiger partial charge in [0.1, 0.15) is 5.76 Å². The van der Waals surface area contributed by atoms with Crippen LogP contribution in [0, 0.1) is 11.3 Å². The minimum absolute atomic E-state index is 0.401. The van der Waals surface area contributed by atoms with Crippen LogP contribution >= 0.6 is 0 Å². The van der Waals surface area contributed by atoms with Gasteiger partial charge in [-0.05, 0) is 44.1 Å². The second-order valence-electron chi connectivity index (χ2n) is 7.27. The van der Waals surface area contributed by atoms with E-state index < -0.39 is 5.72 Å². The molecule has 4 heteroatoms. The average molecular weight is 288 g/mol. The van der Waals surface area contributed by atoms with E-state index in [-0.39, 0.29) is 0 Å². The molecule has 2 N–H and O–H groups in total. The third-order valence-corrected chi connectivity index (χ3v) is 4.69. The third-order valence-electron chi connectivity index (χ3n) is 4.69. The fourth-order valence-electron chi connectivity index (χ4n) is 2.84. The van der Waals surface area contributed by atoms with E-state index in [0.717, 1.165) is 24.3 Å². The first-order valence-electron chi connectivity index (χ1n) is 7.57. The van der Waals surface area contributed by atoms with E-state index in [4.69, 9.17) is 4.42 Å².